The SMILES string of the molecule is O=C1C(=O)c2c3ccccc3cc3c2c1cc1ccccc13. The highest BCUT2D eigenvalue weighted by atomic mass is 16.2. The molecule has 0 aromatic heterocycles. The minimum Gasteiger partial charge on any atom is -0.285 e. The van der Waals surface area contributed by atoms with Crippen molar-refractivity contribution in [2.24, 2.45) is 0 Å². The number of ketones is 2. The largest absolute Gasteiger partial charge is 0.285 e. The molecule has 0 aliphatic heterocycles. The Labute approximate surface area is 126 Å². The summed E-state index contributed by atoms with van der Waals surface area (Å²) in [4.78, 5) is 24.9. The second-order valence-electron chi connectivity index (χ2n) is 5.70. The lowest BCUT2D eigenvalue weighted by molar-refractivity contribution is 0.0826. The minimum absolute atomic E-state index is 0.382. The Hall–Kier alpha value is -3.00. The average Bonchev–Trinajstić information content (AvgIpc) is 2.81. The first-order valence-corrected chi connectivity index (χ1v) is 7.22. The second-order valence-corrected chi connectivity index (χ2v) is 5.70. The van der Waals surface area contributed by atoms with Crippen LogP contribution in [0.25, 0.3) is 32.3 Å². The van der Waals surface area contributed by atoms with Crippen LogP contribution in [-0.4, -0.2) is 11.6 Å². The summed E-state index contributed by atoms with van der Waals surface area (Å²) in [5.74, 6) is -0.769. The van der Waals surface area contributed by atoms with Gasteiger partial charge < -0.3 is 0 Å². The zero-order chi connectivity index (χ0) is 14.8. The van der Waals surface area contributed by atoms with Crippen molar-refractivity contribution < 1.29 is 9.59 Å². The molecule has 0 bridgehead atoms. The predicted octanol–water partition coefficient (Wildman–Crippen LogP) is 4.53. The third-order valence-corrected chi connectivity index (χ3v) is 4.55. The molecule has 2 heteroatoms. The first-order chi connectivity index (χ1) is 10.8. The number of fused-ring (bicyclic) bond motifs is 4. The lowest BCUT2D eigenvalue weighted by atomic mass is 9.94. The molecule has 0 N–H and O–H groups in total. The molecule has 4 aromatic carbocycles. The van der Waals surface area contributed by atoms with Crippen molar-refractivity contribution in [2.75, 3.05) is 0 Å². The van der Waals surface area contributed by atoms with Crippen molar-refractivity contribution in [3.05, 3.63) is 71.8 Å². The molecule has 22 heavy (non-hydrogen) atoms. The van der Waals surface area contributed by atoms with E-state index in [0.717, 1.165) is 32.3 Å². The van der Waals surface area contributed by atoms with Crippen LogP contribution in [0.1, 0.15) is 20.7 Å². The Bertz CT molecular complexity index is 1150. The van der Waals surface area contributed by atoms with Crippen LogP contribution in [0.5, 0.6) is 0 Å². The highest BCUT2D eigenvalue weighted by Gasteiger charge is 2.33. The van der Waals surface area contributed by atoms with Crippen molar-refractivity contribution in [1.82, 2.24) is 0 Å². The Morgan fingerprint density at radius 3 is 2.00 bits per heavy atom. The molecule has 1 aliphatic carbocycles. The van der Waals surface area contributed by atoms with Gasteiger partial charge in [0.1, 0.15) is 0 Å². The van der Waals surface area contributed by atoms with Crippen molar-refractivity contribution in [3.8, 4) is 0 Å². The molecule has 0 saturated carbocycles. The highest BCUT2D eigenvalue weighted by Crippen LogP contribution is 2.40. The monoisotopic (exact) mass is 282 g/mol. The van der Waals surface area contributed by atoms with E-state index < -0.39 is 0 Å². The molecule has 0 spiro atoms. The molecule has 2 nitrogen and oxygen atoms in total. The number of rotatable bonds is 0. The van der Waals surface area contributed by atoms with E-state index in [0.29, 0.717) is 11.1 Å². The van der Waals surface area contributed by atoms with E-state index in [4.69, 9.17) is 0 Å². The van der Waals surface area contributed by atoms with Gasteiger partial charge in [0, 0.05) is 16.5 Å². The maximum atomic E-state index is 12.5. The van der Waals surface area contributed by atoms with Crippen LogP contribution in [0, 0.1) is 0 Å². The van der Waals surface area contributed by atoms with Crippen LogP contribution in [0.4, 0.5) is 0 Å². The van der Waals surface area contributed by atoms with Gasteiger partial charge in [-0.1, -0.05) is 48.5 Å². The summed E-state index contributed by atoms with van der Waals surface area (Å²) >= 11 is 0. The van der Waals surface area contributed by atoms with Crippen LogP contribution >= 0.6 is 0 Å². The molecule has 0 fully saturated rings. The normalized spacial score (nSPS) is 13.6. The zero-order valence-corrected chi connectivity index (χ0v) is 11.6. The van der Waals surface area contributed by atoms with E-state index in [-0.39, 0.29) is 11.6 Å². The van der Waals surface area contributed by atoms with Crippen LogP contribution in [0.15, 0.2) is 60.7 Å². The minimum atomic E-state index is -0.387. The van der Waals surface area contributed by atoms with Crippen LogP contribution in [0.3, 0.4) is 0 Å². The lowest BCUT2D eigenvalue weighted by Gasteiger charge is -2.08. The van der Waals surface area contributed by atoms with Gasteiger partial charge >= 0.3 is 0 Å². The third kappa shape index (κ3) is 1.25. The summed E-state index contributed by atoms with van der Waals surface area (Å²) in [6.07, 6.45) is 0. The molecule has 0 radical (unpaired) electrons. The number of Topliss-reactive ketones (excluding diaryl/α,β-unsaturated/α-hetero) is 2. The molecule has 0 unspecified atom stereocenters. The number of hydrogen-bond acceptors (Lipinski definition) is 2. The Balaban J connectivity index is 2.19. The predicted molar refractivity (Wildman–Crippen MR) is 87.6 cm³/mol. The Kier molecular flexibility index (Phi) is 2.01. The van der Waals surface area contributed by atoms with Gasteiger partial charge in [0.05, 0.1) is 0 Å². The number of carbonyl (C=O) groups is 2. The van der Waals surface area contributed by atoms with Gasteiger partial charge in [-0.25, -0.2) is 0 Å². The average molecular weight is 282 g/mol. The van der Waals surface area contributed by atoms with E-state index in [9.17, 15) is 9.59 Å². The third-order valence-electron chi connectivity index (χ3n) is 4.55. The van der Waals surface area contributed by atoms with Crippen LogP contribution < -0.4 is 0 Å². The number of carbonyl (C=O) groups excluding carboxylic acids is 2. The zero-order valence-electron chi connectivity index (χ0n) is 11.6. The highest BCUT2D eigenvalue weighted by molar-refractivity contribution is 6.60. The van der Waals surface area contributed by atoms with E-state index in [1.807, 2.05) is 54.6 Å². The fraction of sp³-hybridized carbons (Fsp3) is 0. The summed E-state index contributed by atoms with van der Waals surface area (Å²) in [6.45, 7) is 0. The summed E-state index contributed by atoms with van der Waals surface area (Å²) in [5, 5.41) is 5.73. The topological polar surface area (TPSA) is 34.1 Å². The summed E-state index contributed by atoms with van der Waals surface area (Å²) in [7, 11) is 0. The summed E-state index contributed by atoms with van der Waals surface area (Å²) in [6, 6.07) is 19.7. The number of hydrogen-bond donors (Lipinski definition) is 0. The molecule has 0 amide bonds. The first kappa shape index (κ1) is 11.6. The molecule has 1 aliphatic rings. The van der Waals surface area contributed by atoms with E-state index in [1.165, 1.54) is 0 Å². The van der Waals surface area contributed by atoms with Crippen molar-refractivity contribution in [2.45, 2.75) is 0 Å². The molecule has 0 atom stereocenters. The van der Waals surface area contributed by atoms with Crippen LogP contribution in [-0.2, 0) is 0 Å². The molecule has 5 rings (SSSR count). The molecule has 102 valence electrons. The maximum Gasteiger partial charge on any atom is 0.234 e. The maximum absolute atomic E-state index is 12.5. The summed E-state index contributed by atoms with van der Waals surface area (Å²) < 4.78 is 0. The summed E-state index contributed by atoms with van der Waals surface area (Å²) in [5.41, 5.74) is 1.11. The second kappa shape index (κ2) is 3.80. The number of benzene rings is 4. The van der Waals surface area contributed by atoms with Gasteiger partial charge in [-0.05, 0) is 39.1 Å². The van der Waals surface area contributed by atoms with Gasteiger partial charge in [0.2, 0.25) is 11.6 Å². The Morgan fingerprint density at radius 2 is 1.23 bits per heavy atom. The fourth-order valence-corrected chi connectivity index (χ4v) is 3.59. The fourth-order valence-electron chi connectivity index (χ4n) is 3.59. The van der Waals surface area contributed by atoms with Gasteiger partial charge in [-0.3, -0.25) is 9.59 Å². The van der Waals surface area contributed by atoms with E-state index >= 15 is 0 Å². The first-order valence-electron chi connectivity index (χ1n) is 7.22. The van der Waals surface area contributed by atoms with Crippen LogP contribution in [0.2, 0.25) is 0 Å². The van der Waals surface area contributed by atoms with E-state index in [1.54, 1.807) is 0 Å². The standard InChI is InChI=1S/C20H10O2/c21-19-16-10-11-5-1-3-7-13(11)15-9-12-6-2-4-8-14(12)18(17(15)16)20(19)22/h1-10H. The molecular formula is C20H10O2. The molecule has 0 heterocycles. The lowest BCUT2D eigenvalue weighted by Crippen LogP contribution is -2.06. The van der Waals surface area contributed by atoms with Gasteiger partial charge in [0.25, 0.3) is 0 Å². The Morgan fingerprint density at radius 1 is 0.591 bits per heavy atom. The molecule has 4 aromatic rings. The van der Waals surface area contributed by atoms with Gasteiger partial charge in [-0.15, -0.1) is 0 Å². The van der Waals surface area contributed by atoms with E-state index in [2.05, 4.69) is 6.07 Å². The van der Waals surface area contributed by atoms with Crippen molar-refractivity contribution >= 4 is 43.9 Å². The molecule has 0 saturated heterocycles. The smallest absolute Gasteiger partial charge is 0.234 e. The quantitative estimate of drug-likeness (QED) is 0.270. The molecular weight excluding hydrogens is 272 g/mol. The van der Waals surface area contributed by atoms with Crippen molar-refractivity contribution in [3.63, 3.8) is 0 Å². The van der Waals surface area contributed by atoms with Crippen molar-refractivity contribution in [1.29, 1.82) is 0 Å². The van der Waals surface area contributed by atoms with Gasteiger partial charge in [-0.2, -0.15) is 0 Å². The van der Waals surface area contributed by atoms with Gasteiger partial charge in [0.15, 0.2) is 0 Å².